The van der Waals surface area contributed by atoms with E-state index in [0.717, 1.165) is 15.2 Å². The van der Waals surface area contributed by atoms with Crippen molar-refractivity contribution in [3.05, 3.63) is 40.6 Å². The smallest absolute Gasteiger partial charge is 0.269 e. The van der Waals surface area contributed by atoms with Gasteiger partial charge in [-0.15, -0.1) is 0 Å². The van der Waals surface area contributed by atoms with Gasteiger partial charge in [-0.25, -0.2) is 0 Å². The van der Waals surface area contributed by atoms with Crippen molar-refractivity contribution in [2.24, 2.45) is 0 Å². The summed E-state index contributed by atoms with van der Waals surface area (Å²) in [5.41, 5.74) is 0.422. The number of carbonyl (C=O) groups excluding carboxylic acids is 1. The van der Waals surface area contributed by atoms with Gasteiger partial charge in [0.1, 0.15) is 5.69 Å². The van der Waals surface area contributed by atoms with E-state index in [2.05, 4.69) is 38.9 Å². The zero-order valence-corrected chi connectivity index (χ0v) is 11.5. The number of rotatable bonds is 3. The van der Waals surface area contributed by atoms with E-state index >= 15 is 0 Å². The minimum absolute atomic E-state index is 0.170. The van der Waals surface area contributed by atoms with Crippen LogP contribution in [0.5, 0.6) is 0 Å². The molecule has 0 aliphatic rings. The fourth-order valence-corrected chi connectivity index (χ4v) is 2.12. The van der Waals surface area contributed by atoms with E-state index in [1.54, 1.807) is 12.3 Å². The highest BCUT2D eigenvalue weighted by Crippen LogP contribution is 2.23. The molecular formula is C12H11BrN2OS. The Balaban J connectivity index is 2.37. The summed E-state index contributed by atoms with van der Waals surface area (Å²) in [5, 5.41) is 4.73. The molecule has 0 atom stereocenters. The van der Waals surface area contributed by atoms with Crippen molar-refractivity contribution < 1.29 is 4.79 Å². The van der Waals surface area contributed by atoms with Gasteiger partial charge in [-0.2, -0.15) is 12.6 Å². The molecule has 0 aliphatic heterocycles. The molecule has 2 rings (SSSR count). The van der Waals surface area contributed by atoms with Gasteiger partial charge in [-0.05, 0) is 17.5 Å². The second-order valence-corrected chi connectivity index (χ2v) is 4.81. The Morgan fingerprint density at radius 2 is 2.29 bits per heavy atom. The minimum Gasteiger partial charge on any atom is -0.350 e. The third kappa shape index (κ3) is 2.79. The molecule has 0 unspecified atom stereocenters. The van der Waals surface area contributed by atoms with Gasteiger partial charge in [0.15, 0.2) is 0 Å². The van der Waals surface area contributed by atoms with Crippen molar-refractivity contribution in [3.8, 4) is 0 Å². The maximum Gasteiger partial charge on any atom is 0.269 e. The molecule has 1 N–H and O–H groups in total. The number of hydrogen-bond acceptors (Lipinski definition) is 3. The van der Waals surface area contributed by atoms with Crippen LogP contribution in [-0.4, -0.2) is 23.2 Å². The zero-order valence-electron chi connectivity index (χ0n) is 8.98. The highest BCUT2D eigenvalue weighted by Gasteiger charge is 2.08. The van der Waals surface area contributed by atoms with E-state index in [0.29, 0.717) is 18.0 Å². The largest absolute Gasteiger partial charge is 0.350 e. The van der Waals surface area contributed by atoms with E-state index in [4.69, 9.17) is 0 Å². The summed E-state index contributed by atoms with van der Waals surface area (Å²) in [6.45, 7) is 0.539. The van der Waals surface area contributed by atoms with Gasteiger partial charge >= 0.3 is 0 Å². The molecule has 0 spiro atoms. The Morgan fingerprint density at radius 1 is 1.47 bits per heavy atom. The molecule has 88 valence electrons. The zero-order chi connectivity index (χ0) is 12.3. The first kappa shape index (κ1) is 12.4. The first-order valence-corrected chi connectivity index (χ1v) is 6.58. The summed E-state index contributed by atoms with van der Waals surface area (Å²) in [4.78, 5) is 15.9. The lowest BCUT2D eigenvalue weighted by Gasteiger charge is -2.05. The number of aromatic nitrogens is 1. The summed E-state index contributed by atoms with van der Waals surface area (Å²) in [7, 11) is 0. The van der Waals surface area contributed by atoms with E-state index < -0.39 is 0 Å². The second-order valence-electron chi connectivity index (χ2n) is 3.51. The Bertz CT molecular complexity index is 559. The van der Waals surface area contributed by atoms with Crippen LogP contribution >= 0.6 is 28.6 Å². The summed E-state index contributed by atoms with van der Waals surface area (Å²) in [6.07, 6.45) is 1.70. The van der Waals surface area contributed by atoms with E-state index in [1.807, 2.05) is 18.2 Å². The molecule has 0 fully saturated rings. The standard InChI is InChI=1S/C12H11BrN2OS/c13-10-3-1-2-8-7-15-11(6-9(8)10)12(16)14-4-5-17/h1-3,6-7,17H,4-5H2,(H,14,16). The lowest BCUT2D eigenvalue weighted by molar-refractivity contribution is 0.0951. The summed E-state index contributed by atoms with van der Waals surface area (Å²) < 4.78 is 0.959. The third-order valence-electron chi connectivity index (χ3n) is 2.34. The molecule has 1 amide bonds. The predicted molar refractivity (Wildman–Crippen MR) is 75.6 cm³/mol. The number of nitrogens with one attached hydrogen (secondary N) is 1. The quantitative estimate of drug-likeness (QED) is 0.856. The molecular weight excluding hydrogens is 300 g/mol. The van der Waals surface area contributed by atoms with Crippen molar-refractivity contribution >= 4 is 45.2 Å². The molecule has 3 nitrogen and oxygen atoms in total. The number of amides is 1. The Kier molecular flexibility index (Phi) is 4.02. The van der Waals surface area contributed by atoms with E-state index in [1.165, 1.54) is 0 Å². The first-order chi connectivity index (χ1) is 8.22. The number of fused-ring (bicyclic) bond motifs is 1. The fourth-order valence-electron chi connectivity index (χ4n) is 1.52. The van der Waals surface area contributed by atoms with E-state index in [9.17, 15) is 4.79 Å². The Morgan fingerprint density at radius 3 is 3.06 bits per heavy atom. The number of carbonyl (C=O) groups is 1. The van der Waals surface area contributed by atoms with Crippen molar-refractivity contribution in [2.75, 3.05) is 12.3 Å². The maximum atomic E-state index is 11.7. The monoisotopic (exact) mass is 310 g/mol. The van der Waals surface area contributed by atoms with Crippen molar-refractivity contribution in [2.45, 2.75) is 0 Å². The lowest BCUT2D eigenvalue weighted by Crippen LogP contribution is -2.26. The summed E-state index contributed by atoms with van der Waals surface area (Å²) >= 11 is 7.50. The molecule has 2 aromatic rings. The molecule has 0 saturated heterocycles. The van der Waals surface area contributed by atoms with Crippen molar-refractivity contribution in [3.63, 3.8) is 0 Å². The Hall–Kier alpha value is -1.07. The first-order valence-electron chi connectivity index (χ1n) is 5.15. The van der Waals surface area contributed by atoms with Crippen LogP contribution < -0.4 is 5.32 Å². The van der Waals surface area contributed by atoms with Crippen LogP contribution in [0.15, 0.2) is 34.9 Å². The molecule has 5 heteroatoms. The summed E-state index contributed by atoms with van der Waals surface area (Å²) in [6, 6.07) is 7.63. The third-order valence-corrected chi connectivity index (χ3v) is 3.26. The number of nitrogens with zero attached hydrogens (tertiary/aromatic N) is 1. The van der Waals surface area contributed by atoms with E-state index in [-0.39, 0.29) is 5.91 Å². The van der Waals surface area contributed by atoms with Crippen LogP contribution in [0.4, 0.5) is 0 Å². The average Bonchev–Trinajstić information content (AvgIpc) is 2.36. The fraction of sp³-hybridized carbons (Fsp3) is 0.167. The summed E-state index contributed by atoms with van der Waals surface area (Å²) in [5.74, 6) is 0.444. The number of thiol groups is 1. The number of benzene rings is 1. The van der Waals surface area contributed by atoms with Gasteiger partial charge in [0.25, 0.3) is 5.91 Å². The normalized spacial score (nSPS) is 10.5. The maximum absolute atomic E-state index is 11.7. The number of halogens is 1. The van der Waals surface area contributed by atoms with Gasteiger partial charge in [-0.3, -0.25) is 9.78 Å². The lowest BCUT2D eigenvalue weighted by atomic mass is 10.1. The van der Waals surface area contributed by atoms with Gasteiger partial charge in [0.2, 0.25) is 0 Å². The van der Waals surface area contributed by atoms with Gasteiger partial charge in [0.05, 0.1) is 0 Å². The van der Waals surface area contributed by atoms with Crippen LogP contribution in [0.25, 0.3) is 10.8 Å². The molecule has 0 bridgehead atoms. The number of pyridine rings is 1. The van der Waals surface area contributed by atoms with Crippen LogP contribution in [0.1, 0.15) is 10.5 Å². The topological polar surface area (TPSA) is 42.0 Å². The number of hydrogen-bond donors (Lipinski definition) is 2. The SMILES string of the molecule is O=C(NCCS)c1cc2c(Br)cccc2cn1. The molecule has 17 heavy (non-hydrogen) atoms. The molecule has 0 aliphatic carbocycles. The van der Waals surface area contributed by atoms with Gasteiger partial charge in [-0.1, -0.05) is 28.1 Å². The average molecular weight is 311 g/mol. The van der Waals surface area contributed by atoms with Crippen LogP contribution in [0.2, 0.25) is 0 Å². The Labute approximate surface area is 113 Å². The highest BCUT2D eigenvalue weighted by atomic mass is 79.9. The van der Waals surface area contributed by atoms with Crippen LogP contribution in [-0.2, 0) is 0 Å². The molecule has 1 aromatic carbocycles. The molecule has 1 aromatic heterocycles. The molecule has 1 heterocycles. The molecule has 0 radical (unpaired) electrons. The van der Waals surface area contributed by atoms with Gasteiger partial charge < -0.3 is 5.32 Å². The van der Waals surface area contributed by atoms with Crippen molar-refractivity contribution in [1.29, 1.82) is 0 Å². The van der Waals surface area contributed by atoms with Crippen LogP contribution in [0.3, 0.4) is 0 Å². The highest BCUT2D eigenvalue weighted by molar-refractivity contribution is 9.10. The minimum atomic E-state index is -0.170. The van der Waals surface area contributed by atoms with Crippen LogP contribution in [0, 0.1) is 0 Å². The van der Waals surface area contributed by atoms with Gasteiger partial charge in [0, 0.05) is 28.4 Å². The second kappa shape index (κ2) is 5.51. The van der Waals surface area contributed by atoms with Crippen molar-refractivity contribution in [1.82, 2.24) is 10.3 Å². The molecule has 0 saturated carbocycles. The predicted octanol–water partition coefficient (Wildman–Crippen LogP) is 2.66.